The number of aryl methyl sites for hydroxylation is 1. The highest BCUT2D eigenvalue weighted by atomic mass is 15.7. The van der Waals surface area contributed by atoms with E-state index in [1.54, 1.807) is 0 Å². The molecule has 16 heavy (non-hydrogen) atoms. The summed E-state index contributed by atoms with van der Waals surface area (Å²) < 4.78 is 1.99. The van der Waals surface area contributed by atoms with E-state index in [0.29, 0.717) is 0 Å². The summed E-state index contributed by atoms with van der Waals surface area (Å²) >= 11 is 0. The average Bonchev–Trinajstić information content (AvgIpc) is 2.69. The number of rotatable bonds is 1. The van der Waals surface area contributed by atoms with Crippen LogP contribution in [0.2, 0.25) is 0 Å². The Bertz CT molecular complexity index is 628. The van der Waals surface area contributed by atoms with Crippen LogP contribution in [0, 0.1) is 0 Å². The molecule has 3 rings (SSSR count). The molecule has 2 heterocycles. The second-order valence-electron chi connectivity index (χ2n) is 3.62. The molecule has 0 saturated carbocycles. The quantitative estimate of drug-likeness (QED) is 0.537. The van der Waals surface area contributed by atoms with Gasteiger partial charge in [-0.1, -0.05) is 18.2 Å². The van der Waals surface area contributed by atoms with Crippen LogP contribution in [0.3, 0.4) is 0 Å². The van der Waals surface area contributed by atoms with Crippen LogP contribution in [0.5, 0.6) is 0 Å². The highest BCUT2D eigenvalue weighted by molar-refractivity contribution is 5.25. The molecule has 4 heteroatoms. The molecule has 0 spiro atoms. The third kappa shape index (κ3) is 1.27. The number of nitrogens with zero attached hydrogens (tertiary/aromatic N) is 4. The third-order valence-electron chi connectivity index (χ3n) is 2.59. The molecule has 4 nitrogen and oxygen atoms in total. The lowest BCUT2D eigenvalue weighted by atomic mass is 10.3. The minimum Gasteiger partial charge on any atom is -0.0618 e. The first-order valence-electron chi connectivity index (χ1n) is 5.18. The average molecular weight is 212 g/mol. The van der Waals surface area contributed by atoms with Gasteiger partial charge in [0.25, 0.3) is 5.69 Å². The fourth-order valence-corrected chi connectivity index (χ4v) is 1.79. The summed E-state index contributed by atoms with van der Waals surface area (Å²) in [6.45, 7) is 0. The van der Waals surface area contributed by atoms with Crippen molar-refractivity contribution in [1.29, 1.82) is 0 Å². The van der Waals surface area contributed by atoms with Crippen LogP contribution in [0.4, 0.5) is 0 Å². The van der Waals surface area contributed by atoms with Crippen molar-refractivity contribution in [3.05, 3.63) is 54.7 Å². The number of fused-ring (bicyclic) bond motifs is 1. The van der Waals surface area contributed by atoms with E-state index in [4.69, 9.17) is 0 Å². The molecule has 0 unspecified atom stereocenters. The van der Waals surface area contributed by atoms with Gasteiger partial charge in [-0.05, 0) is 10.6 Å². The zero-order chi connectivity index (χ0) is 11.0. The maximum atomic E-state index is 4.53. The number of hydrogen-bond acceptors (Lipinski definition) is 1. The monoisotopic (exact) mass is 212 g/mol. The molecule has 0 atom stereocenters. The van der Waals surface area contributed by atoms with Crippen LogP contribution in [-0.4, -0.2) is 9.90 Å². The van der Waals surface area contributed by atoms with Gasteiger partial charge < -0.3 is 0 Å². The van der Waals surface area contributed by atoms with E-state index in [1.165, 1.54) is 0 Å². The Morgan fingerprint density at radius 3 is 2.50 bits per heavy atom. The Morgan fingerprint density at radius 2 is 1.75 bits per heavy atom. The number of tetrazole rings is 1. The van der Waals surface area contributed by atoms with Crippen molar-refractivity contribution in [2.75, 3.05) is 0 Å². The van der Waals surface area contributed by atoms with E-state index in [0.717, 1.165) is 11.3 Å². The summed E-state index contributed by atoms with van der Waals surface area (Å²) in [5, 5.41) is 4.53. The molecule has 0 radical (unpaired) electrons. The largest absolute Gasteiger partial charge is 0.397 e. The summed E-state index contributed by atoms with van der Waals surface area (Å²) in [6.07, 6.45) is 1.99. The van der Waals surface area contributed by atoms with Gasteiger partial charge in [-0.15, -0.1) is 0 Å². The van der Waals surface area contributed by atoms with Crippen molar-refractivity contribution in [2.45, 2.75) is 0 Å². The Labute approximate surface area is 93.0 Å². The van der Waals surface area contributed by atoms with Gasteiger partial charge in [-0.2, -0.15) is 0 Å². The van der Waals surface area contributed by atoms with Crippen molar-refractivity contribution >= 4 is 5.65 Å². The zero-order valence-electron chi connectivity index (χ0n) is 8.99. The summed E-state index contributed by atoms with van der Waals surface area (Å²) in [6, 6.07) is 16.0. The molecule has 0 N–H and O–H groups in total. The summed E-state index contributed by atoms with van der Waals surface area (Å²) in [4.78, 5) is 3.83. The van der Waals surface area contributed by atoms with Gasteiger partial charge >= 0.3 is 5.65 Å². The molecule has 0 aliphatic heterocycles. The maximum Gasteiger partial charge on any atom is 0.397 e. The van der Waals surface area contributed by atoms with Gasteiger partial charge in [0.1, 0.15) is 12.1 Å². The molecule has 2 aromatic heterocycles. The topological polar surface area (TPSA) is 25.8 Å². The van der Waals surface area contributed by atoms with Crippen LogP contribution < -0.4 is 9.31 Å². The second kappa shape index (κ2) is 3.41. The molecule has 0 aliphatic rings. The van der Waals surface area contributed by atoms with Crippen LogP contribution >= 0.6 is 0 Å². The van der Waals surface area contributed by atoms with Gasteiger partial charge in [-0.25, -0.2) is 0 Å². The predicted octanol–water partition coefficient (Wildman–Crippen LogP) is 0.435. The van der Waals surface area contributed by atoms with E-state index in [2.05, 4.69) is 5.10 Å². The Hall–Kier alpha value is -2.23. The van der Waals surface area contributed by atoms with Gasteiger partial charge in [0.05, 0.1) is 9.59 Å². The van der Waals surface area contributed by atoms with Crippen LogP contribution in [-0.2, 0) is 7.05 Å². The van der Waals surface area contributed by atoms with E-state index < -0.39 is 0 Å². The highest BCUT2D eigenvalue weighted by Crippen LogP contribution is 1.96. The number of pyridine rings is 1. The first-order chi connectivity index (χ1) is 7.86. The highest BCUT2D eigenvalue weighted by Gasteiger charge is 2.23. The Morgan fingerprint density at radius 1 is 1.00 bits per heavy atom. The van der Waals surface area contributed by atoms with Crippen LogP contribution in [0.1, 0.15) is 0 Å². The Kier molecular flexibility index (Phi) is 1.93. The summed E-state index contributed by atoms with van der Waals surface area (Å²) in [7, 11) is 1.98. The summed E-state index contributed by atoms with van der Waals surface area (Å²) in [5.41, 5.74) is 1.97. The predicted molar refractivity (Wildman–Crippen MR) is 57.9 cm³/mol. The SMILES string of the molecule is Cn1[n+](-c2ccccc2)nc2cccc[n+]21. The number of para-hydroxylation sites is 1. The van der Waals surface area contributed by atoms with E-state index in [9.17, 15) is 0 Å². The summed E-state index contributed by atoms with van der Waals surface area (Å²) in [5.74, 6) is 0. The first-order valence-corrected chi connectivity index (χ1v) is 5.18. The second-order valence-corrected chi connectivity index (χ2v) is 3.62. The van der Waals surface area contributed by atoms with E-state index in [1.807, 2.05) is 75.9 Å². The molecule has 1 aromatic carbocycles. The molecular weight excluding hydrogens is 200 g/mol. The molecular formula is C12H12N4+2. The minimum atomic E-state index is 0.925. The van der Waals surface area contributed by atoms with Crippen LogP contribution in [0.15, 0.2) is 54.7 Å². The first kappa shape index (κ1) is 9.03. The van der Waals surface area contributed by atoms with Crippen molar-refractivity contribution in [3.63, 3.8) is 0 Å². The van der Waals surface area contributed by atoms with Crippen molar-refractivity contribution in [1.82, 2.24) is 9.90 Å². The van der Waals surface area contributed by atoms with E-state index >= 15 is 0 Å². The normalized spacial score (nSPS) is 10.8. The van der Waals surface area contributed by atoms with Crippen molar-refractivity contribution in [2.24, 2.45) is 7.05 Å². The standard InChI is InChI=1S/C12H12N4/c1-14-15-10-6-5-9-12(15)13-16(14)11-7-3-2-4-8-11/h2-10H,1H3/q+2. The van der Waals surface area contributed by atoms with Crippen LogP contribution in [0.25, 0.3) is 11.3 Å². The minimum absolute atomic E-state index is 0.925. The molecule has 0 amide bonds. The van der Waals surface area contributed by atoms with Gasteiger partial charge in [0.15, 0.2) is 0 Å². The maximum absolute atomic E-state index is 4.53. The van der Waals surface area contributed by atoms with Gasteiger partial charge in [0.2, 0.25) is 6.20 Å². The lowest BCUT2D eigenvalue weighted by molar-refractivity contribution is -0.842. The molecule has 0 saturated heterocycles. The smallest absolute Gasteiger partial charge is 0.0618 e. The van der Waals surface area contributed by atoms with Gasteiger partial charge in [0, 0.05) is 24.3 Å². The fraction of sp³-hybridized carbons (Fsp3) is 0.0833. The number of hydrogen-bond donors (Lipinski definition) is 0. The lowest BCUT2D eigenvalue weighted by Crippen LogP contribution is -2.49. The number of benzene rings is 1. The Balaban J connectivity index is 2.29. The third-order valence-corrected chi connectivity index (χ3v) is 2.59. The van der Waals surface area contributed by atoms with Crippen molar-refractivity contribution < 1.29 is 9.31 Å². The molecule has 0 fully saturated rings. The van der Waals surface area contributed by atoms with E-state index in [-0.39, 0.29) is 0 Å². The fourth-order valence-electron chi connectivity index (χ4n) is 1.79. The zero-order valence-corrected chi connectivity index (χ0v) is 8.99. The molecule has 78 valence electrons. The van der Waals surface area contributed by atoms with Crippen molar-refractivity contribution in [3.8, 4) is 5.69 Å². The molecule has 0 bridgehead atoms. The molecule has 3 aromatic rings. The lowest BCUT2D eigenvalue weighted by Gasteiger charge is -1.86. The molecule has 0 aliphatic carbocycles. The van der Waals surface area contributed by atoms with Gasteiger partial charge in [-0.3, -0.25) is 0 Å². The number of aromatic nitrogens is 4.